The van der Waals surface area contributed by atoms with E-state index in [-0.39, 0.29) is 17.6 Å². The Labute approximate surface area is 139 Å². The summed E-state index contributed by atoms with van der Waals surface area (Å²) in [5.74, 6) is -1.42. The van der Waals surface area contributed by atoms with Crippen LogP contribution in [0, 0.1) is 5.92 Å². The van der Waals surface area contributed by atoms with E-state index in [2.05, 4.69) is 10.3 Å². The van der Waals surface area contributed by atoms with E-state index in [1.54, 1.807) is 0 Å². The van der Waals surface area contributed by atoms with Crippen molar-refractivity contribution in [1.29, 1.82) is 0 Å². The predicted octanol–water partition coefficient (Wildman–Crippen LogP) is 3.10. The molecule has 3 rings (SSSR count). The molecule has 1 aromatic heterocycles. The standard InChI is InChI=1S/C18H20N2O4/c21-16(19-14-10-6-2-5-9-13(14)18(22)23)15-11-24-17(20-15)12-7-3-1-4-8-12/h1,3-4,7-8,11,13-14H,2,5-6,9-10H2,(H,19,21)(H,22,23)/t13-,14-/m1/s1. The number of nitrogens with zero attached hydrogens (tertiary/aromatic N) is 1. The molecule has 1 aliphatic rings. The van der Waals surface area contributed by atoms with Crippen LogP contribution in [0.25, 0.3) is 11.5 Å². The average Bonchev–Trinajstić information content (AvgIpc) is 2.97. The van der Waals surface area contributed by atoms with Crippen molar-refractivity contribution in [3.05, 3.63) is 42.3 Å². The van der Waals surface area contributed by atoms with Gasteiger partial charge in [-0.2, -0.15) is 0 Å². The van der Waals surface area contributed by atoms with Gasteiger partial charge in [-0.05, 0) is 25.0 Å². The number of carbonyl (C=O) groups excluding carboxylic acids is 1. The van der Waals surface area contributed by atoms with Crippen LogP contribution < -0.4 is 5.32 Å². The summed E-state index contributed by atoms with van der Waals surface area (Å²) in [5, 5.41) is 12.2. The molecule has 1 amide bonds. The first-order valence-corrected chi connectivity index (χ1v) is 8.20. The lowest BCUT2D eigenvalue weighted by Crippen LogP contribution is -2.42. The zero-order chi connectivity index (χ0) is 16.9. The first-order chi connectivity index (χ1) is 11.6. The lowest BCUT2D eigenvalue weighted by atomic mass is 9.95. The first-order valence-electron chi connectivity index (χ1n) is 8.20. The van der Waals surface area contributed by atoms with Gasteiger partial charge in [-0.15, -0.1) is 0 Å². The molecule has 2 atom stereocenters. The molecule has 0 bridgehead atoms. The molecular weight excluding hydrogens is 308 g/mol. The van der Waals surface area contributed by atoms with E-state index in [1.807, 2.05) is 30.3 Å². The zero-order valence-corrected chi connectivity index (χ0v) is 13.3. The molecule has 2 N–H and O–H groups in total. The molecule has 1 saturated carbocycles. The maximum absolute atomic E-state index is 12.4. The number of carbonyl (C=O) groups is 2. The molecular formula is C18H20N2O4. The van der Waals surface area contributed by atoms with Crippen molar-refractivity contribution < 1.29 is 19.1 Å². The van der Waals surface area contributed by atoms with Crippen LogP contribution in [0.1, 0.15) is 42.6 Å². The second-order valence-electron chi connectivity index (χ2n) is 6.07. The van der Waals surface area contributed by atoms with Crippen LogP contribution >= 0.6 is 0 Å². The van der Waals surface area contributed by atoms with Crippen LogP contribution in [0.4, 0.5) is 0 Å². The maximum atomic E-state index is 12.4. The Morgan fingerprint density at radius 2 is 1.88 bits per heavy atom. The topological polar surface area (TPSA) is 92.4 Å². The molecule has 1 aliphatic carbocycles. The smallest absolute Gasteiger partial charge is 0.308 e. The first kappa shape index (κ1) is 16.2. The fourth-order valence-electron chi connectivity index (χ4n) is 3.11. The van der Waals surface area contributed by atoms with Gasteiger partial charge >= 0.3 is 5.97 Å². The second-order valence-corrected chi connectivity index (χ2v) is 6.07. The summed E-state index contributed by atoms with van der Waals surface area (Å²) in [6, 6.07) is 8.94. The third kappa shape index (κ3) is 3.64. The zero-order valence-electron chi connectivity index (χ0n) is 13.3. The lowest BCUT2D eigenvalue weighted by molar-refractivity contribution is -0.142. The number of carboxylic acid groups (broad SMARTS) is 1. The van der Waals surface area contributed by atoms with E-state index in [1.165, 1.54) is 6.26 Å². The lowest BCUT2D eigenvalue weighted by Gasteiger charge is -2.22. The minimum atomic E-state index is -0.854. The number of aliphatic carboxylic acids is 1. The van der Waals surface area contributed by atoms with Crippen LogP contribution in [-0.2, 0) is 4.79 Å². The summed E-state index contributed by atoms with van der Waals surface area (Å²) in [4.78, 5) is 28.1. The number of aromatic nitrogens is 1. The van der Waals surface area contributed by atoms with Gasteiger partial charge in [0.2, 0.25) is 5.89 Å². The molecule has 1 fully saturated rings. The summed E-state index contributed by atoms with van der Waals surface area (Å²) in [6.07, 6.45) is 5.37. The number of hydrogen-bond acceptors (Lipinski definition) is 4. The van der Waals surface area contributed by atoms with Crippen LogP contribution in [0.5, 0.6) is 0 Å². The van der Waals surface area contributed by atoms with Gasteiger partial charge in [0.25, 0.3) is 5.91 Å². The van der Waals surface area contributed by atoms with Gasteiger partial charge in [0.15, 0.2) is 5.69 Å². The number of oxazole rings is 1. The number of nitrogens with one attached hydrogen (secondary N) is 1. The van der Waals surface area contributed by atoms with Gasteiger partial charge in [-0.3, -0.25) is 9.59 Å². The third-order valence-corrected chi connectivity index (χ3v) is 4.41. The minimum absolute atomic E-state index is 0.169. The fourth-order valence-corrected chi connectivity index (χ4v) is 3.11. The van der Waals surface area contributed by atoms with Crippen LogP contribution in [-0.4, -0.2) is 28.0 Å². The Balaban J connectivity index is 1.72. The molecule has 1 heterocycles. The molecule has 0 radical (unpaired) electrons. The summed E-state index contributed by atoms with van der Waals surface area (Å²) < 4.78 is 5.37. The SMILES string of the molecule is O=C(N[C@@H]1CCCCC[C@H]1C(=O)O)c1coc(-c2ccccc2)n1. The number of hydrogen-bond donors (Lipinski definition) is 2. The van der Waals surface area contributed by atoms with Crippen molar-refractivity contribution in [2.45, 2.75) is 38.1 Å². The van der Waals surface area contributed by atoms with Crippen molar-refractivity contribution in [3.8, 4) is 11.5 Å². The summed E-state index contributed by atoms with van der Waals surface area (Å²) in [6.45, 7) is 0. The molecule has 0 spiro atoms. The normalized spacial score (nSPS) is 21.0. The summed E-state index contributed by atoms with van der Waals surface area (Å²) >= 11 is 0. The van der Waals surface area contributed by atoms with Crippen LogP contribution in [0.15, 0.2) is 41.0 Å². The van der Waals surface area contributed by atoms with Crippen LogP contribution in [0.3, 0.4) is 0 Å². The number of benzene rings is 1. The Morgan fingerprint density at radius 3 is 2.62 bits per heavy atom. The Kier molecular flexibility index (Phi) is 4.93. The Hall–Kier alpha value is -2.63. The van der Waals surface area contributed by atoms with Crippen molar-refractivity contribution >= 4 is 11.9 Å². The second kappa shape index (κ2) is 7.29. The average molecular weight is 328 g/mol. The molecule has 2 aromatic rings. The van der Waals surface area contributed by atoms with Gasteiger partial charge in [0.05, 0.1) is 5.92 Å². The quantitative estimate of drug-likeness (QED) is 0.841. The van der Waals surface area contributed by atoms with Crippen molar-refractivity contribution in [3.63, 3.8) is 0 Å². The Bertz CT molecular complexity index is 711. The molecule has 6 heteroatoms. The van der Waals surface area contributed by atoms with Gasteiger partial charge < -0.3 is 14.8 Å². The maximum Gasteiger partial charge on any atom is 0.308 e. The molecule has 0 aliphatic heterocycles. The van der Waals surface area contributed by atoms with E-state index in [0.29, 0.717) is 18.7 Å². The largest absolute Gasteiger partial charge is 0.481 e. The van der Waals surface area contributed by atoms with E-state index in [0.717, 1.165) is 24.8 Å². The van der Waals surface area contributed by atoms with Gasteiger partial charge in [0.1, 0.15) is 6.26 Å². The number of rotatable bonds is 4. The predicted molar refractivity (Wildman–Crippen MR) is 87.4 cm³/mol. The van der Waals surface area contributed by atoms with Crippen molar-refractivity contribution in [1.82, 2.24) is 10.3 Å². The van der Waals surface area contributed by atoms with Gasteiger partial charge in [0, 0.05) is 11.6 Å². The summed E-state index contributed by atoms with van der Waals surface area (Å²) in [5.41, 5.74) is 0.955. The van der Waals surface area contributed by atoms with Crippen LogP contribution in [0.2, 0.25) is 0 Å². The van der Waals surface area contributed by atoms with Crippen molar-refractivity contribution in [2.24, 2.45) is 5.92 Å². The van der Waals surface area contributed by atoms with Crippen molar-refractivity contribution in [2.75, 3.05) is 0 Å². The van der Waals surface area contributed by atoms with E-state index in [9.17, 15) is 14.7 Å². The molecule has 6 nitrogen and oxygen atoms in total. The monoisotopic (exact) mass is 328 g/mol. The highest BCUT2D eigenvalue weighted by molar-refractivity contribution is 5.93. The highest BCUT2D eigenvalue weighted by Crippen LogP contribution is 2.24. The Morgan fingerprint density at radius 1 is 1.12 bits per heavy atom. The molecule has 126 valence electrons. The summed E-state index contributed by atoms with van der Waals surface area (Å²) in [7, 11) is 0. The molecule has 0 saturated heterocycles. The number of carboxylic acids is 1. The van der Waals surface area contributed by atoms with Gasteiger partial charge in [-0.25, -0.2) is 4.98 Å². The van der Waals surface area contributed by atoms with E-state index >= 15 is 0 Å². The molecule has 1 aromatic carbocycles. The molecule has 0 unspecified atom stereocenters. The minimum Gasteiger partial charge on any atom is -0.481 e. The van der Waals surface area contributed by atoms with Gasteiger partial charge in [-0.1, -0.05) is 37.5 Å². The van der Waals surface area contributed by atoms with E-state index in [4.69, 9.17) is 4.42 Å². The number of amides is 1. The van der Waals surface area contributed by atoms with E-state index < -0.39 is 11.9 Å². The highest BCUT2D eigenvalue weighted by Gasteiger charge is 2.31. The highest BCUT2D eigenvalue weighted by atomic mass is 16.4. The fraction of sp³-hybridized carbons (Fsp3) is 0.389. The third-order valence-electron chi connectivity index (χ3n) is 4.41. The molecule has 24 heavy (non-hydrogen) atoms.